The molecule has 0 aliphatic rings. The second-order valence-corrected chi connectivity index (χ2v) is 6.84. The minimum atomic E-state index is -4.54. The third-order valence-electron chi connectivity index (χ3n) is 2.61. The van der Waals surface area contributed by atoms with E-state index < -0.39 is 28.9 Å². The lowest BCUT2D eigenvalue weighted by molar-refractivity contribution is -0.140. The molecule has 2 aromatic rings. The van der Waals surface area contributed by atoms with Crippen LogP contribution in [0, 0.1) is 0 Å². The van der Waals surface area contributed by atoms with Crippen LogP contribution >= 0.6 is 34.5 Å². The van der Waals surface area contributed by atoms with E-state index in [4.69, 9.17) is 11.6 Å². The van der Waals surface area contributed by atoms with Gasteiger partial charge in [-0.1, -0.05) is 23.1 Å². The van der Waals surface area contributed by atoms with E-state index in [2.05, 4.69) is 14.7 Å². The minimum Gasteiger partial charge on any atom is -0.340 e. The highest BCUT2D eigenvalue weighted by Crippen LogP contribution is 2.33. The predicted molar refractivity (Wildman–Crippen MR) is 77.6 cm³/mol. The zero-order valence-electron chi connectivity index (χ0n) is 11.2. The molecule has 0 aliphatic heterocycles. The lowest BCUT2D eigenvalue weighted by Crippen LogP contribution is -2.41. The van der Waals surface area contributed by atoms with Crippen LogP contribution in [0.5, 0.6) is 0 Å². The van der Waals surface area contributed by atoms with Crippen molar-refractivity contribution in [1.29, 1.82) is 0 Å². The van der Waals surface area contributed by atoms with Gasteiger partial charge >= 0.3 is 6.18 Å². The summed E-state index contributed by atoms with van der Waals surface area (Å²) in [6.07, 6.45) is -4.54. The number of rotatable bonds is 3. The largest absolute Gasteiger partial charge is 0.434 e. The van der Waals surface area contributed by atoms with Crippen LogP contribution in [0.3, 0.4) is 0 Å². The Labute approximate surface area is 135 Å². The van der Waals surface area contributed by atoms with E-state index in [9.17, 15) is 22.8 Å². The van der Waals surface area contributed by atoms with Gasteiger partial charge in [-0.15, -0.1) is 11.3 Å². The molecule has 0 aliphatic carbocycles. The maximum absolute atomic E-state index is 12.6. The quantitative estimate of drug-likeness (QED) is 0.869. The van der Waals surface area contributed by atoms with Gasteiger partial charge in [-0.3, -0.25) is 14.0 Å². The summed E-state index contributed by atoms with van der Waals surface area (Å²) in [4.78, 5) is 26.8. The maximum atomic E-state index is 12.6. The van der Waals surface area contributed by atoms with E-state index in [0.29, 0.717) is 0 Å². The molecule has 1 amide bonds. The SMILES string of the molecule is CC(C)(NC(=O)c1s[nH]c(=O)c1Cl)c1nc(C(F)(F)F)cs1. The molecular weight excluding hydrogens is 363 g/mol. The minimum absolute atomic E-state index is 0.0349. The van der Waals surface area contributed by atoms with E-state index in [1.54, 1.807) is 0 Å². The van der Waals surface area contributed by atoms with Crippen molar-refractivity contribution in [3.05, 3.63) is 36.3 Å². The van der Waals surface area contributed by atoms with Gasteiger partial charge in [0.05, 0.1) is 5.54 Å². The molecule has 0 saturated carbocycles. The predicted octanol–water partition coefficient (Wildman–Crippen LogP) is 3.23. The van der Waals surface area contributed by atoms with Gasteiger partial charge in [0.2, 0.25) is 0 Å². The molecule has 5 nitrogen and oxygen atoms in total. The Hall–Kier alpha value is -1.39. The second kappa shape index (κ2) is 5.67. The van der Waals surface area contributed by atoms with E-state index in [-0.39, 0.29) is 14.9 Å². The number of H-pyrrole nitrogens is 1. The molecule has 0 radical (unpaired) electrons. The Balaban J connectivity index is 2.24. The number of nitrogens with zero attached hydrogens (tertiary/aromatic N) is 1. The van der Waals surface area contributed by atoms with Crippen molar-refractivity contribution in [2.75, 3.05) is 0 Å². The van der Waals surface area contributed by atoms with Crippen LogP contribution in [-0.2, 0) is 11.7 Å². The Morgan fingerprint density at radius 2 is 2.05 bits per heavy atom. The molecule has 0 fully saturated rings. The lowest BCUT2D eigenvalue weighted by atomic mass is 10.1. The molecular formula is C11H9ClF3N3O2S2. The number of amides is 1. The Morgan fingerprint density at radius 3 is 2.50 bits per heavy atom. The summed E-state index contributed by atoms with van der Waals surface area (Å²) in [7, 11) is 0. The van der Waals surface area contributed by atoms with Gasteiger partial charge in [-0.2, -0.15) is 13.2 Å². The van der Waals surface area contributed by atoms with Crippen LogP contribution in [-0.4, -0.2) is 15.3 Å². The number of nitrogens with one attached hydrogen (secondary N) is 2. The number of hydrogen-bond donors (Lipinski definition) is 2. The molecule has 2 aromatic heterocycles. The number of aromatic nitrogens is 2. The number of alkyl halides is 3. The molecule has 11 heteroatoms. The first-order valence-corrected chi connectivity index (χ1v) is 7.82. The first kappa shape index (κ1) is 17.0. The van der Waals surface area contributed by atoms with Gasteiger partial charge in [-0.25, -0.2) is 4.98 Å². The topological polar surface area (TPSA) is 74.8 Å². The van der Waals surface area contributed by atoms with Crippen LogP contribution in [0.25, 0.3) is 0 Å². The molecule has 0 atom stereocenters. The molecule has 22 heavy (non-hydrogen) atoms. The first-order valence-electron chi connectivity index (χ1n) is 5.75. The fraction of sp³-hybridized carbons (Fsp3) is 0.364. The highest BCUT2D eigenvalue weighted by Gasteiger charge is 2.36. The van der Waals surface area contributed by atoms with Crippen molar-refractivity contribution in [3.63, 3.8) is 0 Å². The summed E-state index contributed by atoms with van der Waals surface area (Å²) in [5, 5.41) is 3.23. The average Bonchev–Trinajstić information content (AvgIpc) is 2.97. The van der Waals surface area contributed by atoms with Crippen LogP contribution in [0.1, 0.15) is 34.2 Å². The Morgan fingerprint density at radius 1 is 1.41 bits per heavy atom. The number of carbonyl (C=O) groups is 1. The zero-order chi connectivity index (χ0) is 16.7. The van der Waals surface area contributed by atoms with Crippen LogP contribution in [0.4, 0.5) is 13.2 Å². The number of thiazole rings is 1. The normalized spacial score (nSPS) is 12.5. The number of halogens is 4. The van der Waals surface area contributed by atoms with E-state index in [0.717, 1.165) is 28.2 Å². The Kier molecular flexibility index (Phi) is 4.37. The Bertz CT molecular complexity index is 763. The first-order chi connectivity index (χ1) is 10.0. The summed E-state index contributed by atoms with van der Waals surface area (Å²) in [5.41, 5.74) is -2.76. The summed E-state index contributed by atoms with van der Waals surface area (Å²) < 4.78 is 40.0. The van der Waals surface area contributed by atoms with Crippen molar-refractivity contribution >= 4 is 40.4 Å². The van der Waals surface area contributed by atoms with Crippen molar-refractivity contribution in [1.82, 2.24) is 14.7 Å². The van der Waals surface area contributed by atoms with E-state index >= 15 is 0 Å². The monoisotopic (exact) mass is 371 g/mol. The fourth-order valence-corrected chi connectivity index (χ4v) is 3.36. The summed E-state index contributed by atoms with van der Waals surface area (Å²) in [6, 6.07) is 0. The molecule has 0 bridgehead atoms. The van der Waals surface area contributed by atoms with Gasteiger partial charge in [-0.05, 0) is 13.8 Å². The highest BCUT2D eigenvalue weighted by atomic mass is 35.5. The number of carbonyl (C=O) groups excluding carboxylic acids is 1. The summed E-state index contributed by atoms with van der Waals surface area (Å²) in [5.74, 6) is -0.665. The molecule has 0 saturated heterocycles. The zero-order valence-corrected chi connectivity index (χ0v) is 13.6. The summed E-state index contributed by atoms with van der Waals surface area (Å²) >= 11 is 7.22. The third-order valence-corrected chi connectivity index (χ3v) is 5.13. The van der Waals surface area contributed by atoms with Crippen molar-refractivity contribution in [2.24, 2.45) is 0 Å². The van der Waals surface area contributed by atoms with Gasteiger partial charge in [0.1, 0.15) is 14.9 Å². The van der Waals surface area contributed by atoms with Crippen molar-refractivity contribution in [3.8, 4) is 0 Å². The standard InChI is InChI=1S/C11H9ClF3N3O2S2/c1-10(2,9-16-4(3-21-9)11(13,14)15)17-8(20)6-5(12)7(19)18-22-6/h3H,1-2H3,(H,17,20)(H,18,19). The van der Waals surface area contributed by atoms with Gasteiger partial charge in [0.25, 0.3) is 11.5 Å². The second-order valence-electron chi connectivity index (χ2n) is 4.79. The third kappa shape index (κ3) is 3.33. The molecule has 0 aromatic carbocycles. The summed E-state index contributed by atoms with van der Waals surface area (Å²) in [6.45, 7) is 3.01. The van der Waals surface area contributed by atoms with Crippen LogP contribution in [0.2, 0.25) is 5.02 Å². The number of aromatic amines is 1. The lowest BCUT2D eigenvalue weighted by Gasteiger charge is -2.23. The maximum Gasteiger partial charge on any atom is 0.434 e. The van der Waals surface area contributed by atoms with Gasteiger partial charge in [0.15, 0.2) is 5.69 Å². The molecule has 0 unspecified atom stereocenters. The van der Waals surface area contributed by atoms with Crippen molar-refractivity contribution in [2.45, 2.75) is 25.6 Å². The van der Waals surface area contributed by atoms with Crippen molar-refractivity contribution < 1.29 is 18.0 Å². The number of hydrogen-bond acceptors (Lipinski definition) is 5. The average molecular weight is 372 g/mol. The molecule has 120 valence electrons. The van der Waals surface area contributed by atoms with Crippen LogP contribution < -0.4 is 10.9 Å². The van der Waals surface area contributed by atoms with Crippen LogP contribution in [0.15, 0.2) is 10.2 Å². The molecule has 2 rings (SSSR count). The van der Waals surface area contributed by atoms with Gasteiger partial charge in [0, 0.05) is 5.38 Å². The highest BCUT2D eigenvalue weighted by molar-refractivity contribution is 7.10. The molecule has 2 heterocycles. The molecule has 0 spiro atoms. The smallest absolute Gasteiger partial charge is 0.340 e. The van der Waals surface area contributed by atoms with Gasteiger partial charge < -0.3 is 5.32 Å². The fourth-order valence-electron chi connectivity index (χ4n) is 1.52. The van der Waals surface area contributed by atoms with E-state index in [1.165, 1.54) is 13.8 Å². The molecule has 2 N–H and O–H groups in total. The van der Waals surface area contributed by atoms with E-state index in [1.807, 2.05) is 0 Å².